The van der Waals surface area contributed by atoms with Crippen LogP contribution in [0, 0.1) is 0 Å². The number of nitrogens with one attached hydrogen (secondary N) is 1. The molecule has 17 heavy (non-hydrogen) atoms. The van der Waals surface area contributed by atoms with Crippen LogP contribution in [0.15, 0.2) is 0 Å². The number of fused-ring (bicyclic) bond motifs is 2. The molecule has 2 fully saturated rings. The van der Waals surface area contributed by atoms with Gasteiger partial charge in [-0.1, -0.05) is 6.92 Å². The van der Waals surface area contributed by atoms with E-state index in [9.17, 15) is 0 Å². The third kappa shape index (κ3) is 2.83. The summed E-state index contributed by atoms with van der Waals surface area (Å²) >= 11 is 0. The van der Waals surface area contributed by atoms with Gasteiger partial charge in [-0.05, 0) is 46.1 Å². The van der Waals surface area contributed by atoms with Crippen molar-refractivity contribution < 1.29 is 4.74 Å². The average molecular weight is 240 g/mol. The summed E-state index contributed by atoms with van der Waals surface area (Å²) in [6.07, 6.45) is 5.73. The lowest BCUT2D eigenvalue weighted by Crippen LogP contribution is -2.53. The van der Waals surface area contributed by atoms with Crippen molar-refractivity contribution in [3.63, 3.8) is 0 Å². The van der Waals surface area contributed by atoms with E-state index in [-0.39, 0.29) is 0 Å². The zero-order valence-electron chi connectivity index (χ0n) is 11.8. The molecule has 2 rings (SSSR count). The number of methoxy groups -OCH3 is 1. The topological polar surface area (TPSA) is 24.5 Å². The normalized spacial score (nSPS) is 36.2. The van der Waals surface area contributed by atoms with E-state index in [0.717, 1.165) is 24.7 Å². The Morgan fingerprint density at radius 2 is 1.82 bits per heavy atom. The van der Waals surface area contributed by atoms with Crippen molar-refractivity contribution in [1.82, 2.24) is 10.2 Å². The zero-order chi connectivity index (χ0) is 12.4. The third-order valence-electron chi connectivity index (χ3n) is 4.86. The van der Waals surface area contributed by atoms with E-state index in [1.54, 1.807) is 0 Å². The summed E-state index contributed by atoms with van der Waals surface area (Å²) in [5, 5.41) is 3.72. The molecule has 0 aromatic heterocycles. The number of hydrogen-bond donors (Lipinski definition) is 1. The Kier molecular flexibility index (Phi) is 4.45. The lowest BCUT2D eigenvalue weighted by Gasteiger charge is -2.42. The van der Waals surface area contributed by atoms with Gasteiger partial charge in [0.25, 0.3) is 0 Å². The number of hydrogen-bond acceptors (Lipinski definition) is 3. The van der Waals surface area contributed by atoms with E-state index < -0.39 is 0 Å². The van der Waals surface area contributed by atoms with Crippen LogP contribution in [0.5, 0.6) is 0 Å². The minimum atomic E-state index is 0.322. The minimum absolute atomic E-state index is 0.322. The molecule has 4 atom stereocenters. The predicted octanol–water partition coefficient (Wildman–Crippen LogP) is 2.01. The van der Waals surface area contributed by atoms with Gasteiger partial charge in [0.15, 0.2) is 0 Å². The highest BCUT2D eigenvalue weighted by Crippen LogP contribution is 2.31. The Labute approximate surface area is 106 Å². The average Bonchev–Trinajstić information content (AvgIpc) is 2.68. The van der Waals surface area contributed by atoms with Crippen molar-refractivity contribution in [3.05, 3.63) is 0 Å². The van der Waals surface area contributed by atoms with Crippen molar-refractivity contribution in [2.75, 3.05) is 13.7 Å². The second-order valence-corrected chi connectivity index (χ2v) is 5.77. The molecule has 0 aromatic rings. The Morgan fingerprint density at radius 3 is 2.29 bits per heavy atom. The minimum Gasteiger partial charge on any atom is -0.380 e. The quantitative estimate of drug-likeness (QED) is 0.795. The van der Waals surface area contributed by atoms with Crippen molar-refractivity contribution >= 4 is 0 Å². The molecule has 3 nitrogen and oxygen atoms in total. The molecule has 2 bridgehead atoms. The van der Waals surface area contributed by atoms with Gasteiger partial charge in [0, 0.05) is 31.3 Å². The molecule has 1 N–H and O–H groups in total. The summed E-state index contributed by atoms with van der Waals surface area (Å²) in [5.41, 5.74) is 0. The van der Waals surface area contributed by atoms with Crippen LogP contribution in [0.25, 0.3) is 0 Å². The summed E-state index contributed by atoms with van der Waals surface area (Å²) < 4.78 is 5.50. The van der Waals surface area contributed by atoms with Crippen LogP contribution >= 0.6 is 0 Å². The first-order chi connectivity index (χ1) is 8.15. The van der Waals surface area contributed by atoms with Gasteiger partial charge in [-0.3, -0.25) is 4.90 Å². The lowest BCUT2D eigenvalue weighted by molar-refractivity contribution is 0.00557. The maximum Gasteiger partial charge on any atom is 0.0695 e. The molecule has 2 saturated heterocycles. The van der Waals surface area contributed by atoms with Gasteiger partial charge in [-0.2, -0.15) is 0 Å². The molecule has 4 unspecified atom stereocenters. The fraction of sp³-hybridized carbons (Fsp3) is 1.00. The van der Waals surface area contributed by atoms with E-state index in [2.05, 4.69) is 31.0 Å². The maximum atomic E-state index is 5.50. The van der Waals surface area contributed by atoms with E-state index in [1.165, 1.54) is 25.7 Å². The lowest BCUT2D eigenvalue weighted by atomic mass is 9.96. The molecule has 0 aromatic carbocycles. The molecule has 2 aliphatic rings. The monoisotopic (exact) mass is 240 g/mol. The second kappa shape index (κ2) is 5.68. The standard InChI is InChI=1S/C14H28N2O/c1-5-16(10(2)11(3)17-4)14-8-12-6-7-13(9-14)15-12/h10-15H,5-9H2,1-4H3. The first-order valence-electron chi connectivity index (χ1n) is 7.20. The van der Waals surface area contributed by atoms with Crippen molar-refractivity contribution in [2.45, 2.75) is 76.7 Å². The first kappa shape index (κ1) is 13.3. The molecular formula is C14H28N2O. The number of rotatable bonds is 5. The highest BCUT2D eigenvalue weighted by molar-refractivity contribution is 4.96. The number of piperidine rings is 1. The van der Waals surface area contributed by atoms with Crippen molar-refractivity contribution in [2.24, 2.45) is 0 Å². The van der Waals surface area contributed by atoms with Gasteiger partial charge in [0.05, 0.1) is 6.10 Å². The van der Waals surface area contributed by atoms with Gasteiger partial charge in [-0.15, -0.1) is 0 Å². The van der Waals surface area contributed by atoms with Crippen LogP contribution in [-0.2, 0) is 4.74 Å². The van der Waals surface area contributed by atoms with Gasteiger partial charge in [-0.25, -0.2) is 0 Å². The summed E-state index contributed by atoms with van der Waals surface area (Å²) in [4.78, 5) is 2.65. The summed E-state index contributed by atoms with van der Waals surface area (Å²) in [6.45, 7) is 7.91. The fourth-order valence-corrected chi connectivity index (χ4v) is 3.64. The van der Waals surface area contributed by atoms with Crippen LogP contribution in [0.4, 0.5) is 0 Å². The van der Waals surface area contributed by atoms with Gasteiger partial charge in [0.1, 0.15) is 0 Å². The molecule has 2 aliphatic heterocycles. The Balaban J connectivity index is 1.98. The maximum absolute atomic E-state index is 5.50. The molecule has 0 amide bonds. The van der Waals surface area contributed by atoms with E-state index in [0.29, 0.717) is 12.1 Å². The Morgan fingerprint density at radius 1 is 1.24 bits per heavy atom. The van der Waals surface area contributed by atoms with Gasteiger partial charge < -0.3 is 10.1 Å². The molecule has 100 valence electrons. The molecule has 0 spiro atoms. The molecule has 2 heterocycles. The summed E-state index contributed by atoms with van der Waals surface area (Å²) in [5.74, 6) is 0. The number of ether oxygens (including phenoxy) is 1. The Bertz CT molecular complexity index is 234. The fourth-order valence-electron chi connectivity index (χ4n) is 3.64. The molecule has 0 saturated carbocycles. The number of nitrogens with zero attached hydrogens (tertiary/aromatic N) is 1. The zero-order valence-corrected chi connectivity index (χ0v) is 11.8. The summed E-state index contributed by atoms with van der Waals surface area (Å²) in [7, 11) is 1.82. The van der Waals surface area contributed by atoms with Crippen molar-refractivity contribution in [3.8, 4) is 0 Å². The SMILES string of the molecule is CCN(C1CC2CCC(C1)N2)C(C)C(C)OC. The van der Waals surface area contributed by atoms with E-state index in [1.807, 2.05) is 7.11 Å². The number of likely N-dealkylation sites (N-methyl/N-ethyl adjacent to an activating group) is 1. The highest BCUT2D eigenvalue weighted by atomic mass is 16.5. The molecule has 0 aliphatic carbocycles. The molecule has 3 heteroatoms. The smallest absolute Gasteiger partial charge is 0.0695 e. The van der Waals surface area contributed by atoms with Crippen LogP contribution in [-0.4, -0.2) is 48.8 Å². The van der Waals surface area contributed by atoms with Gasteiger partial charge in [0.2, 0.25) is 0 Å². The van der Waals surface area contributed by atoms with Crippen molar-refractivity contribution in [1.29, 1.82) is 0 Å². The van der Waals surface area contributed by atoms with Crippen LogP contribution in [0.3, 0.4) is 0 Å². The second-order valence-electron chi connectivity index (χ2n) is 5.77. The van der Waals surface area contributed by atoms with E-state index in [4.69, 9.17) is 4.74 Å². The van der Waals surface area contributed by atoms with E-state index >= 15 is 0 Å². The summed E-state index contributed by atoms with van der Waals surface area (Å²) in [6, 6.07) is 2.83. The van der Waals surface area contributed by atoms with Crippen LogP contribution in [0.2, 0.25) is 0 Å². The third-order valence-corrected chi connectivity index (χ3v) is 4.86. The predicted molar refractivity (Wildman–Crippen MR) is 71.3 cm³/mol. The molecule has 0 radical (unpaired) electrons. The van der Waals surface area contributed by atoms with Crippen LogP contribution in [0.1, 0.15) is 46.5 Å². The largest absolute Gasteiger partial charge is 0.380 e. The van der Waals surface area contributed by atoms with Gasteiger partial charge >= 0.3 is 0 Å². The molecular weight excluding hydrogens is 212 g/mol. The Hall–Kier alpha value is -0.120. The van der Waals surface area contributed by atoms with Crippen LogP contribution < -0.4 is 5.32 Å². The highest BCUT2D eigenvalue weighted by Gasteiger charge is 2.37. The first-order valence-corrected chi connectivity index (χ1v) is 7.20.